The number of rotatable bonds is 8. The molecule has 0 bridgehead atoms. The SMILES string of the molecule is CCOCc1ccccc1CNCCN1CCCC1. The number of ether oxygens (including phenoxy) is 1. The van der Waals surface area contributed by atoms with Crippen LogP contribution in [-0.4, -0.2) is 37.7 Å². The standard InChI is InChI=1S/C16H26N2O/c1-2-19-14-16-8-4-3-7-15(16)13-17-9-12-18-10-5-6-11-18/h3-4,7-8,17H,2,5-6,9-14H2,1H3. The minimum atomic E-state index is 0.723. The van der Waals surface area contributed by atoms with E-state index in [1.54, 1.807) is 0 Å². The number of benzene rings is 1. The van der Waals surface area contributed by atoms with Crippen LogP contribution in [0.5, 0.6) is 0 Å². The summed E-state index contributed by atoms with van der Waals surface area (Å²) in [5, 5.41) is 3.55. The smallest absolute Gasteiger partial charge is 0.0719 e. The Morgan fingerprint density at radius 1 is 1.16 bits per heavy atom. The molecule has 0 aromatic heterocycles. The van der Waals surface area contributed by atoms with E-state index in [2.05, 4.69) is 34.5 Å². The molecule has 106 valence electrons. The average molecular weight is 262 g/mol. The van der Waals surface area contributed by atoms with Crippen molar-refractivity contribution in [3.63, 3.8) is 0 Å². The first-order valence-corrected chi connectivity index (χ1v) is 7.47. The summed E-state index contributed by atoms with van der Waals surface area (Å²) < 4.78 is 5.51. The van der Waals surface area contributed by atoms with Crippen molar-refractivity contribution < 1.29 is 4.74 Å². The van der Waals surface area contributed by atoms with Gasteiger partial charge < -0.3 is 15.0 Å². The zero-order valence-corrected chi connectivity index (χ0v) is 12.0. The van der Waals surface area contributed by atoms with Gasteiger partial charge in [-0.3, -0.25) is 0 Å². The van der Waals surface area contributed by atoms with Gasteiger partial charge in [0.05, 0.1) is 6.61 Å². The van der Waals surface area contributed by atoms with Crippen LogP contribution in [0.2, 0.25) is 0 Å². The molecule has 1 N–H and O–H groups in total. The van der Waals surface area contributed by atoms with Gasteiger partial charge in [-0.15, -0.1) is 0 Å². The zero-order chi connectivity index (χ0) is 13.3. The summed E-state index contributed by atoms with van der Waals surface area (Å²) in [6, 6.07) is 8.54. The van der Waals surface area contributed by atoms with E-state index in [4.69, 9.17) is 4.74 Å². The van der Waals surface area contributed by atoms with Crippen molar-refractivity contribution in [1.29, 1.82) is 0 Å². The molecule has 1 aromatic carbocycles. The molecule has 3 nitrogen and oxygen atoms in total. The first-order chi connectivity index (χ1) is 9.40. The maximum atomic E-state index is 5.51. The van der Waals surface area contributed by atoms with Gasteiger partial charge in [-0.25, -0.2) is 0 Å². The van der Waals surface area contributed by atoms with E-state index in [-0.39, 0.29) is 0 Å². The normalized spacial score (nSPS) is 16.1. The molecule has 1 saturated heterocycles. The molecule has 0 aliphatic carbocycles. The third kappa shape index (κ3) is 4.94. The lowest BCUT2D eigenvalue weighted by Crippen LogP contribution is -2.29. The monoisotopic (exact) mass is 262 g/mol. The summed E-state index contributed by atoms with van der Waals surface area (Å²) in [7, 11) is 0. The topological polar surface area (TPSA) is 24.5 Å². The van der Waals surface area contributed by atoms with E-state index in [1.807, 2.05) is 6.92 Å². The van der Waals surface area contributed by atoms with E-state index in [0.717, 1.165) is 26.3 Å². The molecule has 2 rings (SSSR count). The predicted molar refractivity (Wildman–Crippen MR) is 79.2 cm³/mol. The van der Waals surface area contributed by atoms with Crippen LogP contribution in [0.1, 0.15) is 30.9 Å². The molecule has 0 saturated carbocycles. The van der Waals surface area contributed by atoms with Gasteiger partial charge in [0, 0.05) is 26.2 Å². The van der Waals surface area contributed by atoms with Crippen LogP contribution in [0, 0.1) is 0 Å². The fourth-order valence-electron chi connectivity index (χ4n) is 2.55. The number of nitrogens with one attached hydrogen (secondary N) is 1. The van der Waals surface area contributed by atoms with Gasteiger partial charge in [0.2, 0.25) is 0 Å². The second kappa shape index (κ2) is 8.31. The predicted octanol–water partition coefficient (Wildman–Crippen LogP) is 2.41. The highest BCUT2D eigenvalue weighted by Crippen LogP contribution is 2.10. The molecule has 0 radical (unpaired) electrons. The van der Waals surface area contributed by atoms with Gasteiger partial charge in [-0.2, -0.15) is 0 Å². The average Bonchev–Trinajstić information content (AvgIpc) is 2.95. The second-order valence-corrected chi connectivity index (χ2v) is 5.13. The summed E-state index contributed by atoms with van der Waals surface area (Å²) in [4.78, 5) is 2.54. The molecule has 1 aromatic rings. The quantitative estimate of drug-likeness (QED) is 0.728. The van der Waals surface area contributed by atoms with Crippen molar-refractivity contribution in [3.8, 4) is 0 Å². The summed E-state index contributed by atoms with van der Waals surface area (Å²) in [5.41, 5.74) is 2.66. The number of likely N-dealkylation sites (tertiary alicyclic amines) is 1. The third-order valence-corrected chi connectivity index (χ3v) is 3.70. The molecule has 1 aliphatic heterocycles. The molecule has 19 heavy (non-hydrogen) atoms. The lowest BCUT2D eigenvalue weighted by Gasteiger charge is -2.15. The molecule has 1 fully saturated rings. The van der Waals surface area contributed by atoms with Crippen molar-refractivity contribution in [2.75, 3.05) is 32.8 Å². The van der Waals surface area contributed by atoms with Crippen LogP contribution in [0.15, 0.2) is 24.3 Å². The van der Waals surface area contributed by atoms with Crippen LogP contribution in [-0.2, 0) is 17.9 Å². The molecule has 0 spiro atoms. The fourth-order valence-corrected chi connectivity index (χ4v) is 2.55. The Labute approximate surface area is 116 Å². The molecule has 0 unspecified atom stereocenters. The maximum Gasteiger partial charge on any atom is 0.0719 e. The Hall–Kier alpha value is -0.900. The van der Waals surface area contributed by atoms with Gasteiger partial charge >= 0.3 is 0 Å². The second-order valence-electron chi connectivity index (χ2n) is 5.13. The summed E-state index contributed by atoms with van der Waals surface area (Å²) in [5.74, 6) is 0. The molecule has 0 amide bonds. The Morgan fingerprint density at radius 2 is 1.89 bits per heavy atom. The van der Waals surface area contributed by atoms with E-state index in [0.29, 0.717) is 0 Å². The van der Waals surface area contributed by atoms with Gasteiger partial charge in [0.25, 0.3) is 0 Å². The lowest BCUT2D eigenvalue weighted by molar-refractivity contribution is 0.133. The first-order valence-electron chi connectivity index (χ1n) is 7.47. The number of hydrogen-bond donors (Lipinski definition) is 1. The molecule has 0 atom stereocenters. The van der Waals surface area contributed by atoms with Crippen molar-refractivity contribution in [3.05, 3.63) is 35.4 Å². The Morgan fingerprint density at radius 3 is 2.63 bits per heavy atom. The molecular formula is C16H26N2O. The Bertz CT molecular complexity index is 362. The minimum absolute atomic E-state index is 0.723. The highest BCUT2D eigenvalue weighted by atomic mass is 16.5. The zero-order valence-electron chi connectivity index (χ0n) is 12.0. The van der Waals surface area contributed by atoms with E-state index < -0.39 is 0 Å². The Balaban J connectivity index is 1.72. The first kappa shape index (κ1) is 14.5. The summed E-state index contributed by atoms with van der Waals surface area (Å²) in [6.45, 7) is 9.28. The maximum absolute atomic E-state index is 5.51. The minimum Gasteiger partial charge on any atom is -0.377 e. The van der Waals surface area contributed by atoms with E-state index >= 15 is 0 Å². The van der Waals surface area contributed by atoms with E-state index in [9.17, 15) is 0 Å². The van der Waals surface area contributed by atoms with Gasteiger partial charge in [0.15, 0.2) is 0 Å². The van der Waals surface area contributed by atoms with Gasteiger partial charge in [0.1, 0.15) is 0 Å². The number of hydrogen-bond acceptors (Lipinski definition) is 3. The highest BCUT2D eigenvalue weighted by Gasteiger charge is 2.10. The largest absolute Gasteiger partial charge is 0.377 e. The number of nitrogens with zero attached hydrogens (tertiary/aromatic N) is 1. The van der Waals surface area contributed by atoms with Gasteiger partial charge in [-0.05, 0) is 44.0 Å². The Kier molecular flexibility index (Phi) is 6.34. The van der Waals surface area contributed by atoms with E-state index in [1.165, 1.54) is 43.6 Å². The van der Waals surface area contributed by atoms with Crippen LogP contribution in [0.3, 0.4) is 0 Å². The van der Waals surface area contributed by atoms with Crippen molar-refractivity contribution in [2.24, 2.45) is 0 Å². The molecule has 3 heteroatoms. The molecule has 1 heterocycles. The van der Waals surface area contributed by atoms with Crippen LogP contribution in [0.25, 0.3) is 0 Å². The highest BCUT2D eigenvalue weighted by molar-refractivity contribution is 5.26. The van der Waals surface area contributed by atoms with Crippen molar-refractivity contribution in [1.82, 2.24) is 10.2 Å². The summed E-state index contributed by atoms with van der Waals surface area (Å²) in [6.07, 6.45) is 2.74. The van der Waals surface area contributed by atoms with Crippen molar-refractivity contribution in [2.45, 2.75) is 32.9 Å². The molecular weight excluding hydrogens is 236 g/mol. The third-order valence-electron chi connectivity index (χ3n) is 3.70. The van der Waals surface area contributed by atoms with Crippen LogP contribution in [0.4, 0.5) is 0 Å². The molecule has 1 aliphatic rings. The summed E-state index contributed by atoms with van der Waals surface area (Å²) >= 11 is 0. The van der Waals surface area contributed by atoms with Gasteiger partial charge in [-0.1, -0.05) is 24.3 Å². The van der Waals surface area contributed by atoms with Crippen molar-refractivity contribution >= 4 is 0 Å². The van der Waals surface area contributed by atoms with Crippen LogP contribution >= 0.6 is 0 Å². The lowest BCUT2D eigenvalue weighted by atomic mass is 10.1. The fraction of sp³-hybridized carbons (Fsp3) is 0.625. The van der Waals surface area contributed by atoms with Crippen LogP contribution < -0.4 is 5.32 Å².